The summed E-state index contributed by atoms with van der Waals surface area (Å²) >= 11 is 0. The Labute approximate surface area is 325 Å². The van der Waals surface area contributed by atoms with Gasteiger partial charge in [-0.3, -0.25) is 0 Å². The largest absolute Gasteiger partial charge is 0.309 e. The first-order chi connectivity index (χ1) is 27.8. The highest BCUT2D eigenvalue weighted by molar-refractivity contribution is 6.14. The Bertz CT molecular complexity index is 3210. The summed E-state index contributed by atoms with van der Waals surface area (Å²) < 4.78 is 2.41. The summed E-state index contributed by atoms with van der Waals surface area (Å²) in [4.78, 5) is 2.48. The van der Waals surface area contributed by atoms with Crippen LogP contribution in [0, 0.1) is 0 Å². The maximum atomic E-state index is 2.48. The molecular weight excluding hydrogens is 677 g/mol. The molecule has 0 radical (unpaired) electrons. The number of aromatic nitrogens is 1. The van der Waals surface area contributed by atoms with Gasteiger partial charge in [-0.25, -0.2) is 0 Å². The lowest BCUT2D eigenvalue weighted by Crippen LogP contribution is -2.12. The van der Waals surface area contributed by atoms with Crippen LogP contribution in [-0.2, 0) is 0 Å². The molecule has 0 unspecified atom stereocenters. The Morgan fingerprint density at radius 3 is 1.66 bits per heavy atom. The van der Waals surface area contributed by atoms with Crippen LogP contribution in [-0.4, -0.2) is 4.57 Å². The molecule has 262 valence electrons. The Balaban J connectivity index is 1.22. The van der Waals surface area contributed by atoms with Gasteiger partial charge in [0.25, 0.3) is 0 Å². The average molecular weight is 713 g/mol. The molecule has 2 heteroatoms. The molecule has 1 aromatic heterocycles. The number of hydrogen-bond donors (Lipinski definition) is 0. The molecule has 0 aliphatic heterocycles. The number of para-hydroxylation sites is 2. The summed E-state index contributed by atoms with van der Waals surface area (Å²) in [5.41, 5.74) is 11.5. The van der Waals surface area contributed by atoms with Crippen LogP contribution < -0.4 is 4.90 Å². The smallest absolute Gasteiger partial charge is 0.0546 e. The van der Waals surface area contributed by atoms with E-state index >= 15 is 0 Å². The Kier molecular flexibility index (Phi) is 7.53. The molecular formula is C54H36N2. The predicted molar refractivity (Wildman–Crippen MR) is 239 cm³/mol. The monoisotopic (exact) mass is 712 g/mol. The van der Waals surface area contributed by atoms with Gasteiger partial charge < -0.3 is 9.47 Å². The van der Waals surface area contributed by atoms with E-state index in [9.17, 15) is 0 Å². The van der Waals surface area contributed by atoms with Gasteiger partial charge in [0.1, 0.15) is 0 Å². The SMILES string of the molecule is c1ccc(-c2ccc(-c3cc4ccccc4c4ccccc34)cc2N(c2cccc(-n3c4ccccc4c4ccccc43)c2)c2cccc3ccccc23)cc1. The molecule has 56 heavy (non-hydrogen) atoms. The molecule has 0 aliphatic carbocycles. The van der Waals surface area contributed by atoms with E-state index in [0.717, 1.165) is 28.3 Å². The molecule has 0 atom stereocenters. The van der Waals surface area contributed by atoms with E-state index in [2.05, 4.69) is 228 Å². The second kappa shape index (κ2) is 13.2. The van der Waals surface area contributed by atoms with Crippen molar-refractivity contribution in [2.45, 2.75) is 0 Å². The fourth-order valence-electron chi connectivity index (χ4n) is 8.82. The first kappa shape index (κ1) is 32.0. The molecule has 0 spiro atoms. The molecule has 0 fully saturated rings. The van der Waals surface area contributed by atoms with E-state index in [1.54, 1.807) is 0 Å². The molecule has 11 rings (SSSR count). The van der Waals surface area contributed by atoms with Crippen molar-refractivity contribution >= 4 is 71.2 Å². The molecule has 0 bridgehead atoms. The second-order valence-corrected chi connectivity index (χ2v) is 14.5. The van der Waals surface area contributed by atoms with Crippen molar-refractivity contribution in [2.75, 3.05) is 4.90 Å². The summed E-state index contributed by atoms with van der Waals surface area (Å²) in [6, 6.07) is 79.7. The first-order valence-electron chi connectivity index (χ1n) is 19.3. The van der Waals surface area contributed by atoms with E-state index in [4.69, 9.17) is 0 Å². The summed E-state index contributed by atoms with van der Waals surface area (Å²) in [5.74, 6) is 0. The number of anilines is 3. The van der Waals surface area contributed by atoms with Crippen LogP contribution in [0.3, 0.4) is 0 Å². The van der Waals surface area contributed by atoms with Gasteiger partial charge in [-0.2, -0.15) is 0 Å². The third-order valence-electron chi connectivity index (χ3n) is 11.3. The fourth-order valence-corrected chi connectivity index (χ4v) is 8.82. The first-order valence-corrected chi connectivity index (χ1v) is 19.3. The third-order valence-corrected chi connectivity index (χ3v) is 11.3. The lowest BCUT2D eigenvalue weighted by Gasteiger charge is -2.30. The maximum Gasteiger partial charge on any atom is 0.0546 e. The molecule has 0 aliphatic rings. The van der Waals surface area contributed by atoms with Gasteiger partial charge in [-0.1, -0.05) is 170 Å². The molecule has 1 heterocycles. The standard InChI is InChI=1S/C54H36N2/c1-2-16-37(17-3-1)45-33-32-40(50-34-39-19-5-6-23-43(39)46-25-8-9-26-47(46)50)35-54(45)56(51-31-14-20-38-18-4-7-24-44(38)51)42-22-15-21-41(36-42)55-52-29-12-10-27-48(52)49-28-11-13-30-53(49)55/h1-36H. The van der Waals surface area contributed by atoms with Crippen molar-refractivity contribution in [3.05, 3.63) is 218 Å². The maximum absolute atomic E-state index is 2.48. The fraction of sp³-hybridized carbons (Fsp3) is 0. The Morgan fingerprint density at radius 2 is 0.893 bits per heavy atom. The number of fused-ring (bicyclic) bond motifs is 7. The zero-order chi connectivity index (χ0) is 37.0. The van der Waals surface area contributed by atoms with Gasteiger partial charge in [0.2, 0.25) is 0 Å². The van der Waals surface area contributed by atoms with Crippen LogP contribution >= 0.6 is 0 Å². The molecule has 0 amide bonds. The summed E-state index contributed by atoms with van der Waals surface area (Å²) in [6.07, 6.45) is 0. The minimum Gasteiger partial charge on any atom is -0.309 e. The van der Waals surface area contributed by atoms with Crippen LogP contribution in [0.5, 0.6) is 0 Å². The van der Waals surface area contributed by atoms with Crippen molar-refractivity contribution in [2.24, 2.45) is 0 Å². The van der Waals surface area contributed by atoms with Crippen LogP contribution in [0.2, 0.25) is 0 Å². The van der Waals surface area contributed by atoms with E-state index in [0.29, 0.717) is 0 Å². The zero-order valence-electron chi connectivity index (χ0n) is 30.7. The Morgan fingerprint density at radius 1 is 0.304 bits per heavy atom. The van der Waals surface area contributed by atoms with Crippen LogP contribution in [0.25, 0.3) is 82.1 Å². The molecule has 2 nitrogen and oxygen atoms in total. The van der Waals surface area contributed by atoms with E-state index in [1.807, 2.05) is 0 Å². The lowest BCUT2D eigenvalue weighted by atomic mass is 9.91. The highest BCUT2D eigenvalue weighted by Crippen LogP contribution is 2.47. The molecule has 0 saturated carbocycles. The van der Waals surface area contributed by atoms with Crippen LogP contribution in [0.4, 0.5) is 17.1 Å². The van der Waals surface area contributed by atoms with Gasteiger partial charge in [-0.05, 0) is 92.2 Å². The molecule has 11 aromatic rings. The molecule has 10 aromatic carbocycles. The third kappa shape index (κ3) is 5.19. The van der Waals surface area contributed by atoms with Crippen molar-refractivity contribution in [3.8, 4) is 27.9 Å². The van der Waals surface area contributed by atoms with Gasteiger partial charge in [0, 0.05) is 33.1 Å². The summed E-state index contributed by atoms with van der Waals surface area (Å²) in [6.45, 7) is 0. The van der Waals surface area contributed by atoms with Crippen molar-refractivity contribution < 1.29 is 0 Å². The lowest BCUT2D eigenvalue weighted by molar-refractivity contribution is 1.17. The number of hydrogen-bond acceptors (Lipinski definition) is 1. The number of benzene rings is 10. The summed E-state index contributed by atoms with van der Waals surface area (Å²) in [5, 5.41) is 9.91. The number of rotatable bonds is 6. The second-order valence-electron chi connectivity index (χ2n) is 14.5. The van der Waals surface area contributed by atoms with Crippen molar-refractivity contribution in [1.29, 1.82) is 0 Å². The average Bonchev–Trinajstić information content (AvgIpc) is 3.61. The van der Waals surface area contributed by atoms with Crippen molar-refractivity contribution in [3.63, 3.8) is 0 Å². The highest BCUT2D eigenvalue weighted by atomic mass is 15.1. The minimum atomic E-state index is 1.08. The van der Waals surface area contributed by atoms with Crippen LogP contribution in [0.15, 0.2) is 218 Å². The quantitative estimate of drug-likeness (QED) is 0.156. The van der Waals surface area contributed by atoms with E-state index < -0.39 is 0 Å². The Hall–Kier alpha value is -7.42. The number of nitrogens with zero attached hydrogens (tertiary/aromatic N) is 2. The van der Waals surface area contributed by atoms with Gasteiger partial charge in [0.05, 0.1) is 22.4 Å². The minimum absolute atomic E-state index is 1.08. The molecule has 0 saturated heterocycles. The predicted octanol–water partition coefficient (Wildman–Crippen LogP) is 15.0. The topological polar surface area (TPSA) is 8.17 Å². The van der Waals surface area contributed by atoms with E-state index in [-0.39, 0.29) is 0 Å². The van der Waals surface area contributed by atoms with Crippen LogP contribution in [0.1, 0.15) is 0 Å². The van der Waals surface area contributed by atoms with Gasteiger partial charge >= 0.3 is 0 Å². The van der Waals surface area contributed by atoms with Gasteiger partial charge in [0.15, 0.2) is 0 Å². The molecule has 0 N–H and O–H groups in total. The van der Waals surface area contributed by atoms with Gasteiger partial charge in [-0.15, -0.1) is 0 Å². The highest BCUT2D eigenvalue weighted by Gasteiger charge is 2.22. The van der Waals surface area contributed by atoms with Crippen molar-refractivity contribution in [1.82, 2.24) is 4.57 Å². The van der Waals surface area contributed by atoms with E-state index in [1.165, 1.54) is 70.8 Å². The normalized spacial score (nSPS) is 11.6. The zero-order valence-corrected chi connectivity index (χ0v) is 30.7. The summed E-state index contributed by atoms with van der Waals surface area (Å²) in [7, 11) is 0.